The van der Waals surface area contributed by atoms with E-state index in [-0.39, 0.29) is 29.2 Å². The van der Waals surface area contributed by atoms with Gasteiger partial charge in [-0.25, -0.2) is 4.79 Å². The van der Waals surface area contributed by atoms with Gasteiger partial charge in [-0.05, 0) is 37.0 Å². The van der Waals surface area contributed by atoms with Gasteiger partial charge in [-0.1, -0.05) is 26.0 Å². The molecule has 2 atom stereocenters. The van der Waals surface area contributed by atoms with Crippen LogP contribution in [0.4, 0.5) is 0 Å². The quantitative estimate of drug-likeness (QED) is 0.827. The Bertz CT molecular complexity index is 627. The molecule has 1 heterocycles. The van der Waals surface area contributed by atoms with Gasteiger partial charge < -0.3 is 15.3 Å². The fourth-order valence-corrected chi connectivity index (χ4v) is 2.98. The molecule has 0 radical (unpaired) electrons. The number of rotatable bonds is 6. The zero-order valence-corrected chi connectivity index (χ0v) is 14.8. The Hall–Kier alpha value is -2.37. The molecule has 6 nitrogen and oxygen atoms in total. The number of aromatic carboxylic acids is 1. The molecule has 0 spiro atoms. The van der Waals surface area contributed by atoms with Gasteiger partial charge in [0.25, 0.3) is 0 Å². The molecule has 1 aromatic carbocycles. The Kier molecular flexibility index (Phi) is 6.56. The molecule has 6 heteroatoms. The number of nitrogens with zero attached hydrogens (tertiary/aromatic N) is 1. The predicted molar refractivity (Wildman–Crippen MR) is 94.0 cm³/mol. The van der Waals surface area contributed by atoms with E-state index in [0.717, 1.165) is 31.4 Å². The third-order valence-corrected chi connectivity index (χ3v) is 4.81. The zero-order chi connectivity index (χ0) is 18.4. The molecule has 25 heavy (non-hydrogen) atoms. The first-order valence-electron chi connectivity index (χ1n) is 8.81. The van der Waals surface area contributed by atoms with Crippen molar-refractivity contribution in [2.75, 3.05) is 13.1 Å². The number of amides is 2. The van der Waals surface area contributed by atoms with Crippen molar-refractivity contribution in [3.63, 3.8) is 0 Å². The minimum Gasteiger partial charge on any atom is -0.478 e. The third-order valence-electron chi connectivity index (χ3n) is 4.81. The molecule has 0 bridgehead atoms. The average molecular weight is 346 g/mol. The van der Waals surface area contributed by atoms with E-state index in [2.05, 4.69) is 5.32 Å². The van der Waals surface area contributed by atoms with Gasteiger partial charge in [-0.2, -0.15) is 0 Å². The molecular formula is C19H26N2O4. The number of carboxylic acid groups (broad SMARTS) is 1. The van der Waals surface area contributed by atoms with E-state index in [1.54, 1.807) is 12.1 Å². The molecule has 2 N–H and O–H groups in total. The second-order valence-electron chi connectivity index (χ2n) is 6.65. The Balaban J connectivity index is 1.87. The topological polar surface area (TPSA) is 86.7 Å². The molecule has 1 aliphatic heterocycles. The molecule has 1 fully saturated rings. The molecule has 2 amide bonds. The van der Waals surface area contributed by atoms with Crippen LogP contribution in [0.3, 0.4) is 0 Å². The Morgan fingerprint density at radius 2 is 1.96 bits per heavy atom. The minimum absolute atomic E-state index is 0.00504. The van der Waals surface area contributed by atoms with Crippen LogP contribution in [0.2, 0.25) is 0 Å². The van der Waals surface area contributed by atoms with Crippen LogP contribution >= 0.6 is 0 Å². The predicted octanol–water partition coefficient (Wildman–Crippen LogP) is 2.29. The molecule has 1 saturated heterocycles. The molecule has 0 aromatic heterocycles. The number of likely N-dealkylation sites (tertiary alicyclic amines) is 1. The van der Waals surface area contributed by atoms with E-state index in [0.29, 0.717) is 13.1 Å². The Morgan fingerprint density at radius 1 is 1.28 bits per heavy atom. The summed E-state index contributed by atoms with van der Waals surface area (Å²) in [5, 5.41) is 11.8. The molecule has 2 unspecified atom stereocenters. The van der Waals surface area contributed by atoms with Gasteiger partial charge in [0.1, 0.15) is 0 Å². The van der Waals surface area contributed by atoms with Crippen molar-refractivity contribution in [3.05, 3.63) is 35.4 Å². The highest BCUT2D eigenvalue weighted by Crippen LogP contribution is 2.19. The van der Waals surface area contributed by atoms with Crippen LogP contribution in [0, 0.1) is 11.8 Å². The zero-order valence-electron chi connectivity index (χ0n) is 14.8. The minimum atomic E-state index is -0.969. The summed E-state index contributed by atoms with van der Waals surface area (Å²) in [7, 11) is 0. The van der Waals surface area contributed by atoms with Gasteiger partial charge in [0.05, 0.1) is 11.5 Å². The lowest BCUT2D eigenvalue weighted by Crippen LogP contribution is -2.46. The second-order valence-corrected chi connectivity index (χ2v) is 6.65. The first kappa shape index (κ1) is 19.0. The normalized spacial score (nSPS) is 18.5. The van der Waals surface area contributed by atoms with E-state index in [1.165, 1.54) is 12.1 Å². The summed E-state index contributed by atoms with van der Waals surface area (Å²) in [4.78, 5) is 37.4. The van der Waals surface area contributed by atoms with Crippen LogP contribution < -0.4 is 5.32 Å². The summed E-state index contributed by atoms with van der Waals surface area (Å²) in [6.45, 7) is 5.48. The van der Waals surface area contributed by atoms with Crippen molar-refractivity contribution in [2.45, 2.75) is 39.7 Å². The molecule has 1 aromatic rings. The standard InChI is InChI=1S/C19H26N2O4/c1-3-13(2)18(23)21-10-4-5-16(12-21)17(22)20-11-14-6-8-15(9-7-14)19(24)25/h6-9,13,16H,3-5,10-12H2,1-2H3,(H,20,22)(H,24,25). The number of hydrogen-bond donors (Lipinski definition) is 2. The summed E-state index contributed by atoms with van der Waals surface area (Å²) in [5.41, 5.74) is 1.07. The van der Waals surface area contributed by atoms with Crippen LogP contribution in [-0.4, -0.2) is 40.9 Å². The number of piperidine rings is 1. The highest BCUT2D eigenvalue weighted by molar-refractivity contribution is 5.87. The fraction of sp³-hybridized carbons (Fsp3) is 0.526. The molecule has 136 valence electrons. The largest absolute Gasteiger partial charge is 0.478 e. The molecule has 0 aliphatic carbocycles. The van der Waals surface area contributed by atoms with E-state index in [9.17, 15) is 14.4 Å². The molecule has 2 rings (SSSR count). The lowest BCUT2D eigenvalue weighted by molar-refractivity contribution is -0.139. The number of benzene rings is 1. The number of hydrogen-bond acceptors (Lipinski definition) is 3. The van der Waals surface area contributed by atoms with Crippen LogP contribution in [0.5, 0.6) is 0 Å². The SMILES string of the molecule is CCC(C)C(=O)N1CCCC(C(=O)NCc2ccc(C(=O)O)cc2)C1. The summed E-state index contributed by atoms with van der Waals surface area (Å²) < 4.78 is 0. The number of carbonyl (C=O) groups excluding carboxylic acids is 2. The second kappa shape index (κ2) is 8.65. The molecule has 0 saturated carbocycles. The van der Waals surface area contributed by atoms with E-state index < -0.39 is 5.97 Å². The van der Waals surface area contributed by atoms with Crippen molar-refractivity contribution in [2.24, 2.45) is 11.8 Å². The number of carboxylic acids is 1. The van der Waals surface area contributed by atoms with Gasteiger partial charge in [0.2, 0.25) is 11.8 Å². The van der Waals surface area contributed by atoms with Crippen LogP contribution in [0.15, 0.2) is 24.3 Å². The first-order chi connectivity index (χ1) is 11.9. The maximum absolute atomic E-state index is 12.4. The van der Waals surface area contributed by atoms with Crippen molar-refractivity contribution in [1.29, 1.82) is 0 Å². The lowest BCUT2D eigenvalue weighted by atomic mass is 9.95. The van der Waals surface area contributed by atoms with Crippen LogP contribution in [0.25, 0.3) is 0 Å². The van der Waals surface area contributed by atoms with Gasteiger partial charge in [0.15, 0.2) is 0 Å². The Morgan fingerprint density at radius 3 is 2.56 bits per heavy atom. The average Bonchev–Trinajstić information content (AvgIpc) is 2.65. The van der Waals surface area contributed by atoms with Gasteiger partial charge >= 0.3 is 5.97 Å². The smallest absolute Gasteiger partial charge is 0.335 e. The highest BCUT2D eigenvalue weighted by atomic mass is 16.4. The Labute approximate surface area is 148 Å². The maximum Gasteiger partial charge on any atom is 0.335 e. The van der Waals surface area contributed by atoms with Crippen LogP contribution in [0.1, 0.15) is 49.0 Å². The van der Waals surface area contributed by atoms with Crippen molar-refractivity contribution < 1.29 is 19.5 Å². The summed E-state index contributed by atoms with van der Waals surface area (Å²) in [5.74, 6) is -1.08. The number of carbonyl (C=O) groups is 3. The highest BCUT2D eigenvalue weighted by Gasteiger charge is 2.29. The van der Waals surface area contributed by atoms with Crippen LogP contribution in [-0.2, 0) is 16.1 Å². The maximum atomic E-state index is 12.4. The molecule has 1 aliphatic rings. The van der Waals surface area contributed by atoms with Crippen molar-refractivity contribution in [1.82, 2.24) is 10.2 Å². The van der Waals surface area contributed by atoms with Gasteiger partial charge in [-0.3, -0.25) is 9.59 Å². The number of nitrogens with one attached hydrogen (secondary N) is 1. The first-order valence-corrected chi connectivity index (χ1v) is 8.81. The van der Waals surface area contributed by atoms with E-state index in [1.807, 2.05) is 18.7 Å². The van der Waals surface area contributed by atoms with E-state index in [4.69, 9.17) is 5.11 Å². The van der Waals surface area contributed by atoms with Crippen molar-refractivity contribution in [3.8, 4) is 0 Å². The van der Waals surface area contributed by atoms with Gasteiger partial charge in [0, 0.05) is 25.6 Å². The summed E-state index contributed by atoms with van der Waals surface area (Å²) in [6.07, 6.45) is 2.43. The van der Waals surface area contributed by atoms with E-state index >= 15 is 0 Å². The summed E-state index contributed by atoms with van der Waals surface area (Å²) >= 11 is 0. The third kappa shape index (κ3) is 5.05. The van der Waals surface area contributed by atoms with Gasteiger partial charge in [-0.15, -0.1) is 0 Å². The van der Waals surface area contributed by atoms with Crippen molar-refractivity contribution >= 4 is 17.8 Å². The fourth-order valence-electron chi connectivity index (χ4n) is 2.98. The summed E-state index contributed by atoms with van der Waals surface area (Å²) in [6, 6.07) is 6.45. The molecular weight excluding hydrogens is 320 g/mol. The lowest BCUT2D eigenvalue weighted by Gasteiger charge is -2.33. The monoisotopic (exact) mass is 346 g/mol.